The van der Waals surface area contributed by atoms with Gasteiger partial charge in [-0.15, -0.1) is 0 Å². The lowest BCUT2D eigenvalue weighted by Gasteiger charge is -2.27. The molecule has 1 heterocycles. The fraction of sp³-hybridized carbons (Fsp3) is 1.00. The van der Waals surface area contributed by atoms with Crippen molar-refractivity contribution in [2.24, 2.45) is 5.73 Å². The minimum atomic E-state index is -0.858. The minimum Gasteiger partial charge on any atom is -0.328 e. The van der Waals surface area contributed by atoms with Crippen LogP contribution in [0.4, 0.5) is 0 Å². The molecule has 2 unspecified atom stereocenters. The van der Waals surface area contributed by atoms with Gasteiger partial charge in [-0.2, -0.15) is 0 Å². The maximum Gasteiger partial charge on any atom is 0.0520 e. The standard InChI is InChI=1S/C8H19NSi/c1-7(9)8-5-4-6-10(8,2)3/h7-8H,4-6,9H2,1-3H3. The third-order valence-electron chi connectivity index (χ3n) is 2.97. The van der Waals surface area contributed by atoms with Crippen molar-refractivity contribution in [3.63, 3.8) is 0 Å². The van der Waals surface area contributed by atoms with Gasteiger partial charge in [0.05, 0.1) is 8.07 Å². The summed E-state index contributed by atoms with van der Waals surface area (Å²) in [6, 6.07) is 1.95. The predicted octanol–water partition coefficient (Wildman–Crippen LogP) is 2.21. The second-order valence-corrected chi connectivity index (χ2v) is 9.57. The van der Waals surface area contributed by atoms with Crippen LogP contribution >= 0.6 is 0 Å². The molecule has 0 aromatic rings. The first-order valence-electron chi connectivity index (χ1n) is 4.29. The van der Waals surface area contributed by atoms with E-state index in [9.17, 15) is 0 Å². The smallest absolute Gasteiger partial charge is 0.0520 e. The van der Waals surface area contributed by atoms with Crippen molar-refractivity contribution in [1.29, 1.82) is 0 Å². The van der Waals surface area contributed by atoms with E-state index >= 15 is 0 Å². The summed E-state index contributed by atoms with van der Waals surface area (Å²) in [6.45, 7) is 7.13. The van der Waals surface area contributed by atoms with E-state index in [2.05, 4.69) is 20.0 Å². The van der Waals surface area contributed by atoms with E-state index in [-0.39, 0.29) is 0 Å². The monoisotopic (exact) mass is 157 g/mol. The third-order valence-corrected chi connectivity index (χ3v) is 7.44. The Morgan fingerprint density at radius 2 is 2.10 bits per heavy atom. The van der Waals surface area contributed by atoms with E-state index in [1.807, 2.05) is 0 Å². The van der Waals surface area contributed by atoms with Crippen LogP contribution in [0.5, 0.6) is 0 Å². The molecule has 1 fully saturated rings. The summed E-state index contributed by atoms with van der Waals surface area (Å²) in [6.07, 6.45) is 2.84. The molecule has 0 aliphatic carbocycles. The SMILES string of the molecule is CC(N)C1CCC[Si]1(C)C. The Hall–Kier alpha value is 0.177. The van der Waals surface area contributed by atoms with E-state index in [1.165, 1.54) is 18.9 Å². The van der Waals surface area contributed by atoms with Gasteiger partial charge >= 0.3 is 0 Å². The van der Waals surface area contributed by atoms with E-state index in [0.29, 0.717) is 6.04 Å². The van der Waals surface area contributed by atoms with Crippen LogP contribution < -0.4 is 5.73 Å². The van der Waals surface area contributed by atoms with Gasteiger partial charge in [-0.1, -0.05) is 32.0 Å². The summed E-state index contributed by atoms with van der Waals surface area (Å²) in [4.78, 5) is 0. The third kappa shape index (κ3) is 1.43. The lowest BCUT2D eigenvalue weighted by molar-refractivity contribution is 0.632. The maximum absolute atomic E-state index is 5.91. The highest BCUT2D eigenvalue weighted by Crippen LogP contribution is 2.40. The van der Waals surface area contributed by atoms with Gasteiger partial charge in [0.25, 0.3) is 0 Å². The van der Waals surface area contributed by atoms with Gasteiger partial charge in [0, 0.05) is 6.04 Å². The summed E-state index contributed by atoms with van der Waals surface area (Å²) >= 11 is 0. The molecule has 0 aromatic heterocycles. The average molecular weight is 157 g/mol. The van der Waals surface area contributed by atoms with E-state index in [0.717, 1.165) is 5.54 Å². The summed E-state index contributed by atoms with van der Waals surface area (Å²) in [5.74, 6) is 0. The lowest BCUT2D eigenvalue weighted by Crippen LogP contribution is -2.37. The first-order valence-corrected chi connectivity index (χ1v) is 7.58. The molecule has 1 nitrogen and oxygen atoms in total. The molecule has 2 N–H and O–H groups in total. The predicted molar refractivity (Wildman–Crippen MR) is 48.9 cm³/mol. The summed E-state index contributed by atoms with van der Waals surface area (Å²) < 4.78 is 0. The molecule has 0 radical (unpaired) electrons. The molecule has 0 bridgehead atoms. The fourth-order valence-corrected chi connectivity index (χ4v) is 6.22. The zero-order chi connectivity index (χ0) is 7.78. The van der Waals surface area contributed by atoms with Gasteiger partial charge in [0.15, 0.2) is 0 Å². The van der Waals surface area contributed by atoms with Gasteiger partial charge in [0.2, 0.25) is 0 Å². The highest BCUT2D eigenvalue weighted by molar-refractivity contribution is 6.79. The second kappa shape index (κ2) is 2.66. The van der Waals surface area contributed by atoms with Crippen LogP contribution in [0.1, 0.15) is 19.8 Å². The molecular formula is C8H19NSi. The quantitative estimate of drug-likeness (QED) is 0.580. The summed E-state index contributed by atoms with van der Waals surface area (Å²) in [7, 11) is -0.858. The average Bonchev–Trinajstić information content (AvgIpc) is 2.08. The van der Waals surface area contributed by atoms with Crippen LogP contribution in [-0.4, -0.2) is 14.1 Å². The summed E-state index contributed by atoms with van der Waals surface area (Å²) in [5, 5.41) is 0. The first kappa shape index (κ1) is 8.28. The van der Waals surface area contributed by atoms with Gasteiger partial charge in [-0.3, -0.25) is 0 Å². The first-order chi connectivity index (χ1) is 4.54. The number of hydrogen-bond acceptors (Lipinski definition) is 1. The highest BCUT2D eigenvalue weighted by atomic mass is 28.3. The lowest BCUT2D eigenvalue weighted by atomic mass is 10.1. The fourth-order valence-electron chi connectivity index (χ4n) is 2.33. The van der Waals surface area contributed by atoms with E-state index in [4.69, 9.17) is 5.73 Å². The van der Waals surface area contributed by atoms with Crippen LogP contribution in [0, 0.1) is 0 Å². The molecule has 1 saturated heterocycles. The molecule has 10 heavy (non-hydrogen) atoms. The Morgan fingerprint density at radius 3 is 2.30 bits per heavy atom. The highest BCUT2D eigenvalue weighted by Gasteiger charge is 2.37. The number of hydrogen-bond donors (Lipinski definition) is 1. The summed E-state index contributed by atoms with van der Waals surface area (Å²) in [5.41, 5.74) is 6.80. The maximum atomic E-state index is 5.91. The Labute approximate surface area is 65.0 Å². The number of rotatable bonds is 1. The molecule has 60 valence electrons. The minimum absolute atomic E-state index is 0.448. The molecule has 0 amide bonds. The Balaban J connectivity index is 2.59. The molecule has 1 aliphatic heterocycles. The van der Waals surface area contributed by atoms with Crippen LogP contribution in [0.3, 0.4) is 0 Å². The Kier molecular flexibility index (Phi) is 2.20. The topological polar surface area (TPSA) is 26.0 Å². The van der Waals surface area contributed by atoms with Crippen molar-refractivity contribution in [2.45, 2.75) is 50.5 Å². The van der Waals surface area contributed by atoms with Gasteiger partial charge in [-0.05, 0) is 12.5 Å². The molecule has 0 aromatic carbocycles. The molecule has 1 rings (SSSR count). The van der Waals surface area contributed by atoms with Crippen LogP contribution in [0.2, 0.25) is 24.7 Å². The van der Waals surface area contributed by atoms with Gasteiger partial charge < -0.3 is 5.73 Å². The van der Waals surface area contributed by atoms with E-state index in [1.54, 1.807) is 0 Å². The van der Waals surface area contributed by atoms with Crippen molar-refractivity contribution in [2.75, 3.05) is 0 Å². The van der Waals surface area contributed by atoms with Crippen LogP contribution in [0.25, 0.3) is 0 Å². The van der Waals surface area contributed by atoms with Crippen molar-refractivity contribution in [1.82, 2.24) is 0 Å². The molecule has 2 atom stereocenters. The zero-order valence-electron chi connectivity index (χ0n) is 7.35. The van der Waals surface area contributed by atoms with Crippen molar-refractivity contribution in [3.05, 3.63) is 0 Å². The van der Waals surface area contributed by atoms with Crippen molar-refractivity contribution in [3.8, 4) is 0 Å². The molecule has 0 spiro atoms. The normalized spacial score (nSPS) is 34.2. The largest absolute Gasteiger partial charge is 0.328 e. The van der Waals surface area contributed by atoms with Crippen LogP contribution in [0.15, 0.2) is 0 Å². The number of nitrogens with two attached hydrogens (primary N) is 1. The molecule has 2 heteroatoms. The molecule has 0 saturated carbocycles. The van der Waals surface area contributed by atoms with Gasteiger partial charge in [0.1, 0.15) is 0 Å². The molecular weight excluding hydrogens is 138 g/mol. The van der Waals surface area contributed by atoms with E-state index < -0.39 is 8.07 Å². The second-order valence-electron chi connectivity index (χ2n) is 4.35. The van der Waals surface area contributed by atoms with Crippen molar-refractivity contribution < 1.29 is 0 Å². The van der Waals surface area contributed by atoms with Crippen LogP contribution in [-0.2, 0) is 0 Å². The Bertz CT molecular complexity index is 120. The zero-order valence-corrected chi connectivity index (χ0v) is 8.35. The van der Waals surface area contributed by atoms with Crippen molar-refractivity contribution >= 4 is 8.07 Å². The van der Waals surface area contributed by atoms with Gasteiger partial charge in [-0.25, -0.2) is 0 Å². The molecule has 1 aliphatic rings. The Morgan fingerprint density at radius 1 is 1.50 bits per heavy atom.